The highest BCUT2D eigenvalue weighted by Gasteiger charge is 2.09. The van der Waals surface area contributed by atoms with Gasteiger partial charge in [0, 0.05) is 24.5 Å². The van der Waals surface area contributed by atoms with Crippen LogP contribution in [0.5, 0.6) is 11.5 Å². The first-order valence-electron chi connectivity index (χ1n) is 10.9. The van der Waals surface area contributed by atoms with E-state index in [1.807, 2.05) is 91.0 Å². The number of aromatic nitrogens is 1. The van der Waals surface area contributed by atoms with Crippen LogP contribution in [0.15, 0.2) is 108 Å². The van der Waals surface area contributed by atoms with Gasteiger partial charge in [0.2, 0.25) is 0 Å². The van der Waals surface area contributed by atoms with Crippen molar-refractivity contribution < 1.29 is 9.47 Å². The fourth-order valence-electron chi connectivity index (χ4n) is 3.32. The molecule has 0 aliphatic rings. The van der Waals surface area contributed by atoms with E-state index in [0.29, 0.717) is 25.6 Å². The van der Waals surface area contributed by atoms with E-state index < -0.39 is 0 Å². The lowest BCUT2D eigenvalue weighted by molar-refractivity contribution is 0.255. The summed E-state index contributed by atoms with van der Waals surface area (Å²) in [5.74, 6) is 1.93. The van der Waals surface area contributed by atoms with Crippen LogP contribution in [0.1, 0.15) is 22.3 Å². The van der Waals surface area contributed by atoms with Gasteiger partial charge in [0.25, 0.3) is 0 Å². The highest BCUT2D eigenvalue weighted by molar-refractivity contribution is 5.97. The minimum absolute atomic E-state index is 0. The molecular formula is C28H28ClN3O2. The van der Waals surface area contributed by atoms with Crippen LogP contribution < -0.4 is 15.2 Å². The molecule has 0 amide bonds. The van der Waals surface area contributed by atoms with Gasteiger partial charge in [-0.25, -0.2) is 0 Å². The highest BCUT2D eigenvalue weighted by atomic mass is 35.5. The monoisotopic (exact) mass is 473 g/mol. The Hall–Kier alpha value is -3.83. The lowest BCUT2D eigenvalue weighted by atomic mass is 10.1. The van der Waals surface area contributed by atoms with Crippen molar-refractivity contribution >= 4 is 18.2 Å². The minimum atomic E-state index is 0. The van der Waals surface area contributed by atoms with Crippen LogP contribution in [0.3, 0.4) is 0 Å². The molecule has 1 aromatic heterocycles. The molecule has 4 rings (SSSR count). The fourth-order valence-corrected chi connectivity index (χ4v) is 3.32. The van der Waals surface area contributed by atoms with Crippen molar-refractivity contribution in [3.05, 3.63) is 126 Å². The molecule has 0 bridgehead atoms. The summed E-state index contributed by atoms with van der Waals surface area (Å²) in [7, 11) is 0. The fraction of sp³-hybridized carbons (Fsp3) is 0.143. The van der Waals surface area contributed by atoms with Crippen LogP contribution in [0, 0.1) is 0 Å². The first kappa shape index (κ1) is 24.8. The molecule has 0 fully saturated rings. The zero-order chi connectivity index (χ0) is 22.7. The molecule has 0 aliphatic heterocycles. The van der Waals surface area contributed by atoms with Crippen LogP contribution in [0.2, 0.25) is 0 Å². The van der Waals surface area contributed by atoms with Crippen LogP contribution in [-0.4, -0.2) is 17.4 Å². The van der Waals surface area contributed by atoms with Gasteiger partial charge in [0.1, 0.15) is 19.0 Å². The molecule has 0 atom stereocenters. The SMILES string of the molecule is Cl.NC(=NCCc1ccc(OCc2ccccc2)c(OCc2ccccc2)c1)c1cccnc1. The van der Waals surface area contributed by atoms with E-state index in [-0.39, 0.29) is 12.4 Å². The predicted molar refractivity (Wildman–Crippen MR) is 139 cm³/mol. The third-order valence-corrected chi connectivity index (χ3v) is 5.12. The average molecular weight is 474 g/mol. The van der Waals surface area contributed by atoms with Gasteiger partial charge in [0.15, 0.2) is 11.5 Å². The lowest BCUT2D eigenvalue weighted by Crippen LogP contribution is -2.14. The number of amidine groups is 1. The molecule has 4 aromatic rings. The molecule has 0 aliphatic carbocycles. The number of nitrogens with two attached hydrogens (primary N) is 1. The van der Waals surface area contributed by atoms with Crippen molar-refractivity contribution in [2.24, 2.45) is 10.7 Å². The summed E-state index contributed by atoms with van der Waals surface area (Å²) in [5.41, 5.74) is 10.2. The number of halogens is 1. The molecule has 0 saturated heterocycles. The van der Waals surface area contributed by atoms with Crippen molar-refractivity contribution in [3.63, 3.8) is 0 Å². The molecule has 2 N–H and O–H groups in total. The standard InChI is InChI=1S/C28H27N3O2.ClH/c29-28(25-12-7-16-30-19-25)31-17-15-22-13-14-26(32-20-23-8-3-1-4-9-23)27(18-22)33-21-24-10-5-2-6-11-24;/h1-14,16,18-19H,15,17,20-21H2,(H2,29,31);1H. The summed E-state index contributed by atoms with van der Waals surface area (Å²) in [6, 6.07) is 30.0. The summed E-state index contributed by atoms with van der Waals surface area (Å²) in [6.45, 7) is 1.52. The molecule has 0 unspecified atom stereocenters. The normalized spacial score (nSPS) is 10.9. The Labute approximate surface area is 206 Å². The molecule has 0 radical (unpaired) electrons. The Balaban J connectivity index is 0.00000324. The summed E-state index contributed by atoms with van der Waals surface area (Å²) >= 11 is 0. The molecular weight excluding hydrogens is 446 g/mol. The van der Waals surface area contributed by atoms with E-state index in [4.69, 9.17) is 15.2 Å². The van der Waals surface area contributed by atoms with Gasteiger partial charge in [-0.15, -0.1) is 12.4 Å². The molecule has 1 heterocycles. The Morgan fingerprint density at radius 2 is 1.38 bits per heavy atom. The quantitative estimate of drug-likeness (QED) is 0.240. The molecule has 5 nitrogen and oxygen atoms in total. The van der Waals surface area contributed by atoms with Crippen molar-refractivity contribution in [2.75, 3.05) is 6.54 Å². The number of nitrogens with zero attached hydrogens (tertiary/aromatic N) is 2. The first-order valence-corrected chi connectivity index (χ1v) is 10.9. The van der Waals surface area contributed by atoms with E-state index in [2.05, 4.69) is 9.98 Å². The second-order valence-electron chi connectivity index (χ2n) is 7.59. The summed E-state index contributed by atoms with van der Waals surface area (Å²) < 4.78 is 12.2. The predicted octanol–water partition coefficient (Wildman–Crippen LogP) is 5.61. The Morgan fingerprint density at radius 1 is 0.735 bits per heavy atom. The zero-order valence-electron chi connectivity index (χ0n) is 18.8. The maximum atomic E-state index is 6.16. The lowest BCUT2D eigenvalue weighted by Gasteiger charge is -2.14. The number of rotatable bonds is 10. The van der Waals surface area contributed by atoms with Crippen LogP contribution in [-0.2, 0) is 19.6 Å². The van der Waals surface area contributed by atoms with Gasteiger partial charge >= 0.3 is 0 Å². The van der Waals surface area contributed by atoms with E-state index in [1.54, 1.807) is 12.4 Å². The second-order valence-corrected chi connectivity index (χ2v) is 7.59. The van der Waals surface area contributed by atoms with Gasteiger partial charge in [-0.05, 0) is 47.4 Å². The largest absolute Gasteiger partial charge is 0.485 e. The smallest absolute Gasteiger partial charge is 0.161 e. The number of pyridine rings is 1. The van der Waals surface area contributed by atoms with Gasteiger partial charge < -0.3 is 15.2 Å². The molecule has 174 valence electrons. The van der Waals surface area contributed by atoms with E-state index >= 15 is 0 Å². The first-order chi connectivity index (χ1) is 16.3. The van der Waals surface area contributed by atoms with Crippen molar-refractivity contribution in [1.29, 1.82) is 0 Å². The number of ether oxygens (including phenoxy) is 2. The maximum Gasteiger partial charge on any atom is 0.161 e. The van der Waals surface area contributed by atoms with Crippen molar-refractivity contribution in [3.8, 4) is 11.5 Å². The Morgan fingerprint density at radius 3 is 2.00 bits per heavy atom. The zero-order valence-corrected chi connectivity index (χ0v) is 19.7. The maximum absolute atomic E-state index is 6.16. The van der Waals surface area contributed by atoms with Crippen molar-refractivity contribution in [2.45, 2.75) is 19.6 Å². The number of hydrogen-bond donors (Lipinski definition) is 1. The van der Waals surface area contributed by atoms with Gasteiger partial charge in [-0.2, -0.15) is 0 Å². The number of hydrogen-bond acceptors (Lipinski definition) is 4. The summed E-state index contributed by atoms with van der Waals surface area (Å²) in [4.78, 5) is 8.58. The Kier molecular flexibility index (Phi) is 9.50. The Bertz CT molecular complexity index is 1170. The molecule has 6 heteroatoms. The molecule has 34 heavy (non-hydrogen) atoms. The van der Waals surface area contributed by atoms with Crippen molar-refractivity contribution in [1.82, 2.24) is 4.98 Å². The third-order valence-electron chi connectivity index (χ3n) is 5.12. The summed E-state index contributed by atoms with van der Waals surface area (Å²) in [6.07, 6.45) is 4.17. The van der Waals surface area contributed by atoms with Crippen LogP contribution >= 0.6 is 12.4 Å². The topological polar surface area (TPSA) is 69.7 Å². The highest BCUT2D eigenvalue weighted by Crippen LogP contribution is 2.30. The van der Waals surface area contributed by atoms with E-state index in [9.17, 15) is 0 Å². The van der Waals surface area contributed by atoms with Crippen LogP contribution in [0.25, 0.3) is 0 Å². The van der Waals surface area contributed by atoms with Crippen LogP contribution in [0.4, 0.5) is 0 Å². The van der Waals surface area contributed by atoms with Gasteiger partial charge in [-0.3, -0.25) is 9.98 Å². The third kappa shape index (κ3) is 7.36. The summed E-state index contributed by atoms with van der Waals surface area (Å²) in [5, 5.41) is 0. The molecule has 0 saturated carbocycles. The molecule has 0 spiro atoms. The number of aliphatic imine (C=N–C) groups is 1. The minimum Gasteiger partial charge on any atom is -0.485 e. The van der Waals surface area contributed by atoms with E-state index in [0.717, 1.165) is 40.2 Å². The van der Waals surface area contributed by atoms with Gasteiger partial charge in [0.05, 0.1) is 0 Å². The van der Waals surface area contributed by atoms with Gasteiger partial charge in [-0.1, -0.05) is 66.7 Å². The molecule has 3 aromatic carbocycles. The van der Waals surface area contributed by atoms with E-state index in [1.165, 1.54) is 0 Å². The second kappa shape index (κ2) is 13.0. The average Bonchev–Trinajstić information content (AvgIpc) is 2.88. The number of benzene rings is 3.